The summed E-state index contributed by atoms with van der Waals surface area (Å²) in [5.41, 5.74) is 1.72. The maximum absolute atomic E-state index is 12.7. The van der Waals surface area contributed by atoms with E-state index in [4.69, 9.17) is 0 Å². The number of benzene rings is 3. The molecule has 30 heavy (non-hydrogen) atoms. The zero-order valence-electron chi connectivity index (χ0n) is 16.3. The first-order chi connectivity index (χ1) is 14.2. The van der Waals surface area contributed by atoms with Gasteiger partial charge in [0.2, 0.25) is 15.9 Å². The van der Waals surface area contributed by atoms with Crippen molar-refractivity contribution in [2.75, 3.05) is 22.4 Å². The van der Waals surface area contributed by atoms with E-state index in [9.17, 15) is 18.0 Å². The molecule has 154 valence electrons. The SMILES string of the molecule is Cn1c(=O)sc2cc(NC(=O)CN(c3cccc4ccccc34)S(C)(=O)=O)ccc21. The standard InChI is InChI=1S/C21H19N3O4S2/c1-23-18-11-10-15(12-19(18)29-21(23)26)22-20(25)13-24(30(2,27)28)17-9-5-7-14-6-3-4-8-16(14)17/h3-12H,13H2,1-2H3,(H,22,25). The van der Waals surface area contributed by atoms with Gasteiger partial charge in [0, 0.05) is 18.1 Å². The Hall–Kier alpha value is -3.17. The van der Waals surface area contributed by atoms with Crippen molar-refractivity contribution in [2.24, 2.45) is 7.05 Å². The Morgan fingerprint density at radius 3 is 2.60 bits per heavy atom. The fourth-order valence-electron chi connectivity index (χ4n) is 3.35. The van der Waals surface area contributed by atoms with Gasteiger partial charge in [-0.25, -0.2) is 8.42 Å². The van der Waals surface area contributed by atoms with Crippen molar-refractivity contribution in [3.8, 4) is 0 Å². The van der Waals surface area contributed by atoms with Gasteiger partial charge < -0.3 is 9.88 Å². The lowest BCUT2D eigenvalue weighted by Crippen LogP contribution is -2.37. The predicted molar refractivity (Wildman–Crippen MR) is 122 cm³/mol. The zero-order chi connectivity index (χ0) is 21.5. The zero-order valence-corrected chi connectivity index (χ0v) is 18.0. The topological polar surface area (TPSA) is 88.5 Å². The summed E-state index contributed by atoms with van der Waals surface area (Å²) in [5, 5.41) is 4.36. The maximum atomic E-state index is 12.7. The van der Waals surface area contributed by atoms with Crippen LogP contribution in [0, 0.1) is 0 Å². The van der Waals surface area contributed by atoms with Crippen molar-refractivity contribution in [1.29, 1.82) is 0 Å². The number of nitrogens with one attached hydrogen (secondary N) is 1. The smallest absolute Gasteiger partial charge is 0.307 e. The molecule has 3 aromatic carbocycles. The summed E-state index contributed by atoms with van der Waals surface area (Å²) in [6.45, 7) is -0.365. The Labute approximate surface area is 177 Å². The van der Waals surface area contributed by atoms with Crippen molar-refractivity contribution in [2.45, 2.75) is 0 Å². The molecule has 0 radical (unpaired) electrons. The third kappa shape index (κ3) is 3.81. The van der Waals surface area contributed by atoms with Gasteiger partial charge in [0.1, 0.15) is 6.54 Å². The van der Waals surface area contributed by atoms with Gasteiger partial charge in [-0.15, -0.1) is 0 Å². The number of aryl methyl sites for hydroxylation is 1. The van der Waals surface area contributed by atoms with E-state index < -0.39 is 15.9 Å². The average Bonchev–Trinajstić information content (AvgIpc) is 2.98. The van der Waals surface area contributed by atoms with E-state index in [1.165, 1.54) is 4.57 Å². The second-order valence-corrected chi connectivity index (χ2v) is 9.83. The summed E-state index contributed by atoms with van der Waals surface area (Å²) in [4.78, 5) is 24.4. The fraction of sp³-hybridized carbons (Fsp3) is 0.143. The largest absolute Gasteiger partial charge is 0.324 e. The molecule has 0 unspecified atom stereocenters. The number of anilines is 2. The Bertz CT molecular complexity index is 1430. The number of fused-ring (bicyclic) bond motifs is 2. The van der Waals surface area contributed by atoms with Crippen LogP contribution < -0.4 is 14.5 Å². The first-order valence-corrected chi connectivity index (χ1v) is 11.8. The first-order valence-electron chi connectivity index (χ1n) is 9.09. The van der Waals surface area contributed by atoms with Crippen LogP contribution >= 0.6 is 11.3 Å². The highest BCUT2D eigenvalue weighted by Gasteiger charge is 2.22. The van der Waals surface area contributed by atoms with E-state index in [1.807, 2.05) is 30.3 Å². The lowest BCUT2D eigenvalue weighted by Gasteiger charge is -2.23. The Morgan fingerprint density at radius 1 is 1.10 bits per heavy atom. The molecular formula is C21H19N3O4S2. The molecule has 0 saturated heterocycles. The number of aromatic nitrogens is 1. The minimum atomic E-state index is -3.70. The summed E-state index contributed by atoms with van der Waals surface area (Å²) in [6, 6.07) is 17.9. The monoisotopic (exact) mass is 441 g/mol. The van der Waals surface area contributed by atoms with Crippen LogP contribution in [0.4, 0.5) is 11.4 Å². The summed E-state index contributed by atoms with van der Waals surface area (Å²) in [5.74, 6) is -0.476. The van der Waals surface area contributed by atoms with Crippen molar-refractivity contribution in [3.63, 3.8) is 0 Å². The van der Waals surface area contributed by atoms with Gasteiger partial charge in [-0.3, -0.25) is 13.9 Å². The number of hydrogen-bond acceptors (Lipinski definition) is 5. The number of nitrogens with zero attached hydrogens (tertiary/aromatic N) is 2. The van der Waals surface area contributed by atoms with Gasteiger partial charge in [-0.05, 0) is 29.7 Å². The van der Waals surface area contributed by atoms with Gasteiger partial charge in [-0.2, -0.15) is 0 Å². The second kappa shape index (κ2) is 7.58. The van der Waals surface area contributed by atoms with Gasteiger partial charge in [0.05, 0.1) is 22.2 Å². The summed E-state index contributed by atoms with van der Waals surface area (Å²) in [6.07, 6.45) is 1.08. The quantitative estimate of drug-likeness (QED) is 0.515. The number of sulfonamides is 1. The molecule has 0 atom stereocenters. The molecule has 9 heteroatoms. The molecular weight excluding hydrogens is 422 g/mol. The molecule has 0 aliphatic rings. The Balaban J connectivity index is 1.64. The van der Waals surface area contributed by atoms with Crippen LogP contribution in [0.25, 0.3) is 21.0 Å². The van der Waals surface area contributed by atoms with Crippen molar-refractivity contribution in [3.05, 3.63) is 70.3 Å². The third-order valence-electron chi connectivity index (χ3n) is 4.80. The van der Waals surface area contributed by atoms with Crippen molar-refractivity contribution in [1.82, 2.24) is 4.57 Å². The minimum Gasteiger partial charge on any atom is -0.324 e. The van der Waals surface area contributed by atoms with Crippen LogP contribution in [0.2, 0.25) is 0 Å². The van der Waals surface area contributed by atoms with Crippen LogP contribution in [0.3, 0.4) is 0 Å². The Kier molecular flexibility index (Phi) is 5.08. The number of thiazole rings is 1. The van der Waals surface area contributed by atoms with E-state index >= 15 is 0 Å². The molecule has 0 aliphatic carbocycles. The van der Waals surface area contributed by atoms with Gasteiger partial charge in [0.15, 0.2) is 0 Å². The highest BCUT2D eigenvalue weighted by Crippen LogP contribution is 2.28. The van der Waals surface area contributed by atoms with E-state index in [2.05, 4.69) is 5.32 Å². The number of carbonyl (C=O) groups is 1. The number of carbonyl (C=O) groups excluding carboxylic acids is 1. The van der Waals surface area contributed by atoms with Crippen LogP contribution in [0.5, 0.6) is 0 Å². The van der Waals surface area contributed by atoms with Gasteiger partial charge in [-0.1, -0.05) is 47.7 Å². The minimum absolute atomic E-state index is 0.0901. The molecule has 1 heterocycles. The summed E-state index contributed by atoms with van der Waals surface area (Å²) < 4.78 is 28.4. The molecule has 1 N–H and O–H groups in total. The number of hydrogen-bond donors (Lipinski definition) is 1. The van der Waals surface area contributed by atoms with Crippen LogP contribution in [-0.4, -0.2) is 31.7 Å². The molecule has 0 spiro atoms. The third-order valence-corrected chi connectivity index (χ3v) is 6.92. The predicted octanol–water partition coefficient (Wildman–Crippen LogP) is 3.16. The molecule has 0 fully saturated rings. The molecule has 1 amide bonds. The molecule has 4 rings (SSSR count). The molecule has 0 saturated carbocycles. The lowest BCUT2D eigenvalue weighted by atomic mass is 10.1. The van der Waals surface area contributed by atoms with E-state index in [1.54, 1.807) is 37.4 Å². The van der Waals surface area contributed by atoms with Crippen LogP contribution in [-0.2, 0) is 21.9 Å². The fourth-order valence-corrected chi connectivity index (χ4v) is 5.14. The van der Waals surface area contributed by atoms with Crippen molar-refractivity contribution < 1.29 is 13.2 Å². The summed E-state index contributed by atoms with van der Waals surface area (Å²) >= 11 is 1.09. The molecule has 4 aromatic rings. The molecule has 7 nitrogen and oxygen atoms in total. The molecule has 0 aliphatic heterocycles. The van der Waals surface area contributed by atoms with Gasteiger partial charge >= 0.3 is 4.87 Å². The normalized spacial score (nSPS) is 11.7. The number of rotatable bonds is 5. The maximum Gasteiger partial charge on any atom is 0.307 e. The van der Waals surface area contributed by atoms with E-state index in [0.29, 0.717) is 11.4 Å². The summed E-state index contributed by atoms with van der Waals surface area (Å²) in [7, 11) is -2.02. The lowest BCUT2D eigenvalue weighted by molar-refractivity contribution is -0.114. The highest BCUT2D eigenvalue weighted by atomic mass is 32.2. The second-order valence-electron chi connectivity index (χ2n) is 6.93. The van der Waals surface area contributed by atoms with Crippen LogP contribution in [0.15, 0.2) is 65.5 Å². The highest BCUT2D eigenvalue weighted by molar-refractivity contribution is 7.92. The first kappa shape index (κ1) is 20.1. The number of amides is 1. The molecule has 0 bridgehead atoms. The molecule has 1 aromatic heterocycles. The van der Waals surface area contributed by atoms with Crippen molar-refractivity contribution >= 4 is 59.6 Å². The van der Waals surface area contributed by atoms with E-state index in [0.717, 1.165) is 42.9 Å². The average molecular weight is 442 g/mol. The Morgan fingerprint density at radius 2 is 1.83 bits per heavy atom. The van der Waals surface area contributed by atoms with Gasteiger partial charge in [0.25, 0.3) is 0 Å². The van der Waals surface area contributed by atoms with Crippen LogP contribution in [0.1, 0.15) is 0 Å². The van der Waals surface area contributed by atoms with E-state index in [-0.39, 0.29) is 11.4 Å².